The van der Waals surface area contributed by atoms with Gasteiger partial charge in [-0.15, -0.1) is 0 Å². The summed E-state index contributed by atoms with van der Waals surface area (Å²) in [4.78, 5) is 28.8. The van der Waals surface area contributed by atoms with E-state index < -0.39 is 22.9 Å². The zero-order valence-electron chi connectivity index (χ0n) is 16.6. The third-order valence-electron chi connectivity index (χ3n) is 5.32. The highest BCUT2D eigenvalue weighted by molar-refractivity contribution is 14.1. The number of pyridine rings is 2. The first-order chi connectivity index (χ1) is 15.2. The Morgan fingerprint density at radius 2 is 1.84 bits per heavy atom. The van der Waals surface area contributed by atoms with Gasteiger partial charge in [0.1, 0.15) is 32.7 Å². The molecule has 0 radical (unpaired) electrons. The molecule has 4 aromatic rings. The molecule has 0 spiro atoms. The van der Waals surface area contributed by atoms with Crippen molar-refractivity contribution in [1.82, 2.24) is 29.7 Å². The number of nitrogens with zero attached hydrogens (tertiary/aromatic N) is 6. The Morgan fingerprint density at radius 3 is 2.56 bits per heavy atom. The maximum Gasteiger partial charge on any atom is 0.235 e. The maximum absolute atomic E-state index is 14.2. The summed E-state index contributed by atoms with van der Waals surface area (Å²) in [5.41, 5.74) is -0.0565. The molecule has 8 nitrogen and oxygen atoms in total. The molecule has 0 aliphatic carbocycles. The van der Waals surface area contributed by atoms with Crippen LogP contribution in [0.5, 0.6) is 0 Å². The first-order valence-electron chi connectivity index (χ1n) is 9.36. The second-order valence-corrected chi connectivity index (χ2v) is 8.78. The molecule has 0 saturated heterocycles. The summed E-state index contributed by atoms with van der Waals surface area (Å²) in [6.45, 7) is 3.22. The highest BCUT2D eigenvalue weighted by atomic mass is 127. The van der Waals surface area contributed by atoms with Gasteiger partial charge >= 0.3 is 0 Å². The fraction of sp³-hybridized carbons (Fsp3) is 0.200. The van der Waals surface area contributed by atoms with Gasteiger partial charge in [-0.1, -0.05) is 0 Å². The Hall–Kier alpha value is -3.16. The lowest BCUT2D eigenvalue weighted by Gasteiger charge is -2.15. The molecule has 1 amide bonds. The molecule has 0 saturated carbocycles. The molecule has 162 valence electrons. The van der Waals surface area contributed by atoms with Crippen molar-refractivity contribution in [3.63, 3.8) is 0 Å². The highest BCUT2D eigenvalue weighted by Crippen LogP contribution is 2.40. The molecule has 0 unspecified atom stereocenters. The number of rotatable bonds is 3. The molecule has 5 rings (SSSR count). The zero-order valence-corrected chi connectivity index (χ0v) is 18.8. The van der Waals surface area contributed by atoms with Crippen LogP contribution in [0.4, 0.5) is 19.0 Å². The topological polar surface area (TPSA) is 98.5 Å². The molecule has 0 fully saturated rings. The van der Waals surface area contributed by atoms with Crippen molar-refractivity contribution < 1.29 is 18.0 Å². The summed E-state index contributed by atoms with van der Waals surface area (Å²) < 4.78 is 44.1. The molecule has 1 N–H and O–H groups in total. The Balaban J connectivity index is 1.70. The fourth-order valence-electron chi connectivity index (χ4n) is 3.61. The average molecular weight is 551 g/mol. The van der Waals surface area contributed by atoms with E-state index in [2.05, 4.69) is 30.4 Å². The van der Waals surface area contributed by atoms with Gasteiger partial charge in [0, 0.05) is 11.1 Å². The van der Waals surface area contributed by atoms with E-state index in [4.69, 9.17) is 0 Å². The Bertz CT molecular complexity index is 1420. The minimum absolute atomic E-state index is 0.123. The number of aromatic nitrogens is 6. The number of anilines is 1. The largest absolute Gasteiger partial charge is 0.310 e. The molecule has 4 aromatic heterocycles. The van der Waals surface area contributed by atoms with Crippen LogP contribution in [-0.4, -0.2) is 35.6 Å². The fourth-order valence-corrected chi connectivity index (χ4v) is 4.77. The third-order valence-corrected chi connectivity index (χ3v) is 6.10. The standard InChI is InChI=1S/C20H13F3IN7O/c1-20(2)13-15(24)27-17(28-16(13)29-19(20)32)14-9-3-8(21)4-26-18(9)31(30-14)7-10-11(22)5-25-6-12(10)23/h3-6H,7H2,1-2H3,(H,27,28,29,32). The van der Waals surface area contributed by atoms with Crippen LogP contribution >= 0.6 is 22.6 Å². The summed E-state index contributed by atoms with van der Waals surface area (Å²) >= 11 is 2.00. The summed E-state index contributed by atoms with van der Waals surface area (Å²) in [6.07, 6.45) is 2.78. The van der Waals surface area contributed by atoms with Crippen LogP contribution in [0.2, 0.25) is 0 Å². The molecular weight excluding hydrogens is 538 g/mol. The van der Waals surface area contributed by atoms with E-state index >= 15 is 0 Å². The van der Waals surface area contributed by atoms with Crippen LogP contribution in [0.25, 0.3) is 22.6 Å². The van der Waals surface area contributed by atoms with Crippen molar-refractivity contribution in [2.45, 2.75) is 25.8 Å². The second kappa shape index (κ2) is 7.18. The SMILES string of the molecule is CC1(C)C(=O)Nc2nc(-c3nn(Cc4c(F)cncc4F)c4ncc(F)cc34)nc(I)c21. The average Bonchev–Trinajstić information content (AvgIpc) is 3.18. The van der Waals surface area contributed by atoms with Gasteiger partial charge < -0.3 is 5.32 Å². The van der Waals surface area contributed by atoms with Crippen LogP contribution in [-0.2, 0) is 16.8 Å². The van der Waals surface area contributed by atoms with Crippen molar-refractivity contribution in [2.24, 2.45) is 0 Å². The summed E-state index contributed by atoms with van der Waals surface area (Å²) in [7, 11) is 0. The molecule has 0 aromatic carbocycles. The van der Waals surface area contributed by atoms with Crippen LogP contribution in [0.1, 0.15) is 25.0 Å². The lowest BCUT2D eigenvalue weighted by molar-refractivity contribution is -0.119. The predicted octanol–water partition coefficient (Wildman–Crippen LogP) is 3.58. The predicted molar refractivity (Wildman–Crippen MR) is 116 cm³/mol. The summed E-state index contributed by atoms with van der Waals surface area (Å²) in [5, 5.41) is 7.39. The second-order valence-electron chi connectivity index (χ2n) is 7.75. The van der Waals surface area contributed by atoms with E-state index in [1.807, 2.05) is 22.6 Å². The van der Waals surface area contributed by atoms with E-state index in [1.165, 1.54) is 10.7 Å². The molecule has 32 heavy (non-hydrogen) atoms. The number of carbonyl (C=O) groups is 1. The Kier molecular flexibility index (Phi) is 4.65. The van der Waals surface area contributed by atoms with Crippen molar-refractivity contribution in [3.8, 4) is 11.5 Å². The molecular formula is C20H13F3IN7O. The van der Waals surface area contributed by atoms with Gasteiger partial charge in [0.25, 0.3) is 0 Å². The lowest BCUT2D eigenvalue weighted by atomic mass is 9.88. The van der Waals surface area contributed by atoms with Gasteiger partial charge in [0.05, 0.1) is 35.9 Å². The molecule has 1 aliphatic rings. The van der Waals surface area contributed by atoms with Gasteiger partial charge in [-0.2, -0.15) is 5.10 Å². The molecule has 5 heterocycles. The number of halogens is 4. The van der Waals surface area contributed by atoms with Gasteiger partial charge in [-0.05, 0) is 42.5 Å². The van der Waals surface area contributed by atoms with Gasteiger partial charge in [0.2, 0.25) is 5.91 Å². The molecule has 0 bridgehead atoms. The Labute approximate surface area is 192 Å². The zero-order chi connectivity index (χ0) is 22.8. The quantitative estimate of drug-likeness (QED) is 0.309. The van der Waals surface area contributed by atoms with Crippen molar-refractivity contribution >= 4 is 45.3 Å². The van der Waals surface area contributed by atoms with E-state index in [1.54, 1.807) is 13.8 Å². The molecule has 0 atom stereocenters. The number of carbonyl (C=O) groups excluding carboxylic acids is 1. The van der Waals surface area contributed by atoms with E-state index in [9.17, 15) is 18.0 Å². The van der Waals surface area contributed by atoms with Crippen LogP contribution in [0.3, 0.4) is 0 Å². The lowest BCUT2D eigenvalue weighted by Crippen LogP contribution is -2.27. The van der Waals surface area contributed by atoms with Crippen molar-refractivity contribution in [3.05, 3.63) is 56.9 Å². The first-order valence-corrected chi connectivity index (χ1v) is 10.4. The molecule has 1 aliphatic heterocycles. The number of amides is 1. The first kappa shape index (κ1) is 20.7. The van der Waals surface area contributed by atoms with Crippen LogP contribution < -0.4 is 5.32 Å². The van der Waals surface area contributed by atoms with E-state index in [0.717, 1.165) is 18.6 Å². The minimum Gasteiger partial charge on any atom is -0.310 e. The summed E-state index contributed by atoms with van der Waals surface area (Å²) in [6, 6.07) is 1.20. The number of hydrogen-bond donors (Lipinski definition) is 1. The van der Waals surface area contributed by atoms with Crippen molar-refractivity contribution in [2.75, 3.05) is 5.32 Å². The number of fused-ring (bicyclic) bond motifs is 2. The van der Waals surface area contributed by atoms with Crippen LogP contribution in [0, 0.1) is 21.2 Å². The normalized spacial score (nSPS) is 14.6. The monoisotopic (exact) mass is 551 g/mol. The minimum atomic E-state index is -0.842. The van der Waals surface area contributed by atoms with E-state index in [0.29, 0.717) is 15.1 Å². The molecule has 12 heteroatoms. The highest BCUT2D eigenvalue weighted by Gasteiger charge is 2.42. The van der Waals surface area contributed by atoms with Crippen molar-refractivity contribution in [1.29, 1.82) is 0 Å². The Morgan fingerprint density at radius 1 is 1.12 bits per heavy atom. The number of hydrogen-bond acceptors (Lipinski definition) is 6. The summed E-state index contributed by atoms with van der Waals surface area (Å²) in [5.74, 6) is -2.06. The smallest absolute Gasteiger partial charge is 0.235 e. The van der Waals surface area contributed by atoms with Gasteiger partial charge in [0.15, 0.2) is 11.5 Å². The van der Waals surface area contributed by atoms with Gasteiger partial charge in [-0.3, -0.25) is 9.78 Å². The van der Waals surface area contributed by atoms with E-state index in [-0.39, 0.29) is 40.6 Å². The maximum atomic E-state index is 14.2. The third kappa shape index (κ3) is 3.12. The van der Waals surface area contributed by atoms with Gasteiger partial charge in [-0.25, -0.2) is 32.8 Å². The number of nitrogens with one attached hydrogen (secondary N) is 1. The van der Waals surface area contributed by atoms with Crippen LogP contribution in [0.15, 0.2) is 24.7 Å².